The van der Waals surface area contributed by atoms with E-state index >= 15 is 0 Å². The molecule has 1 aliphatic carbocycles. The van der Waals surface area contributed by atoms with E-state index in [-0.39, 0.29) is 0 Å². The predicted octanol–water partition coefficient (Wildman–Crippen LogP) is 1.57. The second-order valence-corrected chi connectivity index (χ2v) is 6.47. The Balaban J connectivity index is 1.60. The van der Waals surface area contributed by atoms with E-state index < -0.39 is 0 Å². The quantitative estimate of drug-likeness (QED) is 0.744. The third-order valence-corrected chi connectivity index (χ3v) is 4.79. The lowest BCUT2D eigenvalue weighted by atomic mass is 10.0. The molecule has 5 heteroatoms. The van der Waals surface area contributed by atoms with Gasteiger partial charge in [0.05, 0.1) is 19.8 Å². The zero-order chi connectivity index (χ0) is 12.8. The zero-order valence-corrected chi connectivity index (χ0v) is 12.4. The molecule has 1 spiro atoms. The molecule has 0 atom stereocenters. The maximum Gasteiger partial charge on any atom is 0.157 e. The molecule has 104 valence electrons. The van der Waals surface area contributed by atoms with Crippen LogP contribution >= 0.6 is 11.8 Å². The lowest BCUT2D eigenvalue weighted by Crippen LogP contribution is -2.40. The zero-order valence-electron chi connectivity index (χ0n) is 11.6. The minimum atomic E-state index is 0.384. The van der Waals surface area contributed by atoms with Gasteiger partial charge in [-0.05, 0) is 26.9 Å². The first kappa shape index (κ1) is 14.2. The minimum Gasteiger partial charge on any atom is -0.378 e. The van der Waals surface area contributed by atoms with Gasteiger partial charge in [-0.1, -0.05) is 24.6 Å². The monoisotopic (exact) mass is 271 g/mol. The molecule has 0 aromatic heterocycles. The summed E-state index contributed by atoms with van der Waals surface area (Å²) in [5.41, 5.74) is 0.384. The summed E-state index contributed by atoms with van der Waals surface area (Å²) < 4.78 is 5.54. The van der Waals surface area contributed by atoms with Crippen molar-refractivity contribution in [3.05, 3.63) is 0 Å². The van der Waals surface area contributed by atoms with Crippen molar-refractivity contribution in [2.24, 2.45) is 4.99 Å². The van der Waals surface area contributed by atoms with Crippen molar-refractivity contribution >= 4 is 16.9 Å². The molecular weight excluding hydrogens is 246 g/mol. The first-order chi connectivity index (χ1) is 8.70. The fraction of sp³-hybridized carbons (Fsp3) is 0.923. The van der Waals surface area contributed by atoms with Crippen molar-refractivity contribution < 1.29 is 4.74 Å². The molecule has 2 rings (SSSR count). The van der Waals surface area contributed by atoms with Crippen LogP contribution in [0.2, 0.25) is 0 Å². The number of amidine groups is 1. The number of likely N-dealkylation sites (N-methyl/N-ethyl adjacent to an activating group) is 1. The summed E-state index contributed by atoms with van der Waals surface area (Å²) in [5, 5.41) is 4.76. The summed E-state index contributed by atoms with van der Waals surface area (Å²) >= 11 is 1.88. The van der Waals surface area contributed by atoms with Gasteiger partial charge in [-0.15, -0.1) is 0 Å². The molecule has 2 fully saturated rings. The Hall–Kier alpha value is -0.260. The van der Waals surface area contributed by atoms with Gasteiger partial charge >= 0.3 is 0 Å². The van der Waals surface area contributed by atoms with E-state index in [4.69, 9.17) is 4.74 Å². The molecule has 1 saturated heterocycles. The Labute approximate surface area is 115 Å². The summed E-state index contributed by atoms with van der Waals surface area (Å²) in [6.07, 6.45) is 5.37. The number of nitrogens with zero attached hydrogens (tertiary/aromatic N) is 2. The van der Waals surface area contributed by atoms with Gasteiger partial charge in [0.2, 0.25) is 0 Å². The van der Waals surface area contributed by atoms with Gasteiger partial charge in [0, 0.05) is 17.8 Å². The van der Waals surface area contributed by atoms with Crippen molar-refractivity contribution in [3.8, 4) is 0 Å². The fourth-order valence-electron chi connectivity index (χ4n) is 2.47. The maximum atomic E-state index is 5.54. The largest absolute Gasteiger partial charge is 0.378 e. The van der Waals surface area contributed by atoms with Crippen LogP contribution in [-0.2, 0) is 4.74 Å². The molecule has 0 aromatic carbocycles. The molecule has 18 heavy (non-hydrogen) atoms. The van der Waals surface area contributed by atoms with Gasteiger partial charge in [-0.3, -0.25) is 4.99 Å². The number of nitrogens with one attached hydrogen (secondary N) is 1. The van der Waals surface area contributed by atoms with Crippen LogP contribution in [-0.4, -0.2) is 61.8 Å². The molecule has 1 aliphatic heterocycles. The van der Waals surface area contributed by atoms with Crippen molar-refractivity contribution in [1.29, 1.82) is 0 Å². The number of aliphatic imine (C=N–C) groups is 1. The highest BCUT2D eigenvalue weighted by molar-refractivity contribution is 8.14. The van der Waals surface area contributed by atoms with Crippen LogP contribution in [0, 0.1) is 0 Å². The average molecular weight is 271 g/mol. The molecule has 0 unspecified atom stereocenters. The number of hydrogen-bond acceptors (Lipinski definition) is 4. The van der Waals surface area contributed by atoms with Crippen LogP contribution in [0.3, 0.4) is 0 Å². The lowest BCUT2D eigenvalue weighted by Gasteiger charge is -2.21. The van der Waals surface area contributed by atoms with E-state index in [0.717, 1.165) is 31.5 Å². The first-order valence-electron chi connectivity index (χ1n) is 6.88. The molecule has 4 nitrogen and oxygen atoms in total. The smallest absolute Gasteiger partial charge is 0.157 e. The predicted molar refractivity (Wildman–Crippen MR) is 78.5 cm³/mol. The summed E-state index contributed by atoms with van der Waals surface area (Å²) in [7, 11) is 4.12. The molecule has 0 aromatic rings. The van der Waals surface area contributed by atoms with Gasteiger partial charge in [-0.25, -0.2) is 0 Å². The van der Waals surface area contributed by atoms with Crippen molar-refractivity contribution in [3.63, 3.8) is 0 Å². The highest BCUT2D eigenvalue weighted by atomic mass is 32.2. The Morgan fingerprint density at radius 2 is 2.11 bits per heavy atom. The molecule has 0 amide bonds. The average Bonchev–Trinajstić information content (AvgIpc) is 2.95. The summed E-state index contributed by atoms with van der Waals surface area (Å²) in [5.74, 6) is 1.20. The van der Waals surface area contributed by atoms with E-state index in [0.29, 0.717) is 5.54 Å². The summed E-state index contributed by atoms with van der Waals surface area (Å²) in [4.78, 5) is 6.72. The van der Waals surface area contributed by atoms with Gasteiger partial charge in [0.15, 0.2) is 5.17 Å². The maximum absolute atomic E-state index is 5.54. The van der Waals surface area contributed by atoms with Crippen LogP contribution in [0.25, 0.3) is 0 Å². The standard InChI is InChI=1S/C13H25N3OS/c1-16(2)8-10-17-9-7-14-12-15-13(11-18-12)5-3-4-6-13/h3-11H2,1-2H3,(H,14,15). The number of ether oxygens (including phenoxy) is 1. The SMILES string of the molecule is CN(C)CCOCCN=C1NC2(CCCC2)CS1. The number of hydrogen-bond donors (Lipinski definition) is 1. The third-order valence-electron chi connectivity index (χ3n) is 3.59. The summed E-state index contributed by atoms with van der Waals surface area (Å²) in [6, 6.07) is 0. The van der Waals surface area contributed by atoms with Crippen molar-refractivity contribution in [2.75, 3.05) is 46.2 Å². The van der Waals surface area contributed by atoms with Gasteiger partial charge in [-0.2, -0.15) is 0 Å². The van der Waals surface area contributed by atoms with Crippen LogP contribution in [0.4, 0.5) is 0 Å². The third kappa shape index (κ3) is 4.14. The Kier molecular flexibility index (Phi) is 5.33. The number of rotatable bonds is 6. The molecule has 2 aliphatic rings. The van der Waals surface area contributed by atoms with E-state index in [1.807, 2.05) is 11.8 Å². The first-order valence-corrected chi connectivity index (χ1v) is 7.87. The van der Waals surface area contributed by atoms with Crippen LogP contribution in [0.15, 0.2) is 4.99 Å². The van der Waals surface area contributed by atoms with Gasteiger partial charge in [0.1, 0.15) is 0 Å². The molecular formula is C13H25N3OS. The molecule has 0 radical (unpaired) electrons. The molecule has 1 heterocycles. The molecule has 0 bridgehead atoms. The normalized spacial score (nSPS) is 24.3. The minimum absolute atomic E-state index is 0.384. The van der Waals surface area contributed by atoms with E-state index in [9.17, 15) is 0 Å². The highest BCUT2D eigenvalue weighted by Crippen LogP contribution is 2.37. The number of thioether (sulfide) groups is 1. The lowest BCUT2D eigenvalue weighted by molar-refractivity contribution is 0.124. The Morgan fingerprint density at radius 3 is 2.83 bits per heavy atom. The fourth-order valence-corrected chi connectivity index (χ4v) is 3.72. The van der Waals surface area contributed by atoms with Gasteiger partial charge in [0.25, 0.3) is 0 Å². The summed E-state index contributed by atoms with van der Waals surface area (Å²) in [6.45, 7) is 3.28. The van der Waals surface area contributed by atoms with Gasteiger partial charge < -0.3 is 15.0 Å². The second-order valence-electron chi connectivity index (χ2n) is 5.50. The Bertz CT molecular complexity index is 288. The van der Waals surface area contributed by atoms with E-state index in [1.54, 1.807) is 0 Å². The topological polar surface area (TPSA) is 36.9 Å². The van der Waals surface area contributed by atoms with Crippen molar-refractivity contribution in [1.82, 2.24) is 10.2 Å². The molecule has 1 N–H and O–H groups in total. The second kappa shape index (κ2) is 6.78. The van der Waals surface area contributed by atoms with Crippen molar-refractivity contribution in [2.45, 2.75) is 31.2 Å². The van der Waals surface area contributed by atoms with E-state index in [2.05, 4.69) is 29.3 Å². The molecule has 1 saturated carbocycles. The van der Waals surface area contributed by atoms with Crippen LogP contribution in [0.5, 0.6) is 0 Å². The highest BCUT2D eigenvalue weighted by Gasteiger charge is 2.39. The van der Waals surface area contributed by atoms with Crippen LogP contribution in [0.1, 0.15) is 25.7 Å². The Morgan fingerprint density at radius 1 is 1.33 bits per heavy atom. The van der Waals surface area contributed by atoms with E-state index in [1.165, 1.54) is 31.4 Å². The van der Waals surface area contributed by atoms with Crippen LogP contribution < -0.4 is 5.32 Å².